The lowest BCUT2D eigenvalue weighted by molar-refractivity contribution is 0.258. The highest BCUT2D eigenvalue weighted by molar-refractivity contribution is 8.14. The third-order valence-electron chi connectivity index (χ3n) is 2.91. The van der Waals surface area contributed by atoms with Gasteiger partial charge in [-0.05, 0) is 18.3 Å². The molecule has 0 aromatic heterocycles. The van der Waals surface area contributed by atoms with Gasteiger partial charge in [0, 0.05) is 11.3 Å². The van der Waals surface area contributed by atoms with E-state index in [0.717, 1.165) is 0 Å². The van der Waals surface area contributed by atoms with Crippen LogP contribution in [0.5, 0.6) is 0 Å². The number of hydrogen-bond donors (Lipinski definition) is 1. The number of nitrogens with one attached hydrogen (secondary N) is 1. The normalized spacial score (nSPS) is 51.5. The molecule has 2 bridgehead atoms. The molecular weight excluding hydrogens is 158 g/mol. The summed E-state index contributed by atoms with van der Waals surface area (Å²) in [6, 6.07) is 0.461. The first-order valence-electron chi connectivity index (χ1n) is 4.00. The molecular formula is C8H9NOS. The van der Waals surface area contributed by atoms with Crippen molar-refractivity contribution < 1.29 is 4.79 Å². The van der Waals surface area contributed by atoms with Gasteiger partial charge in [-0.25, -0.2) is 0 Å². The summed E-state index contributed by atoms with van der Waals surface area (Å²) in [7, 11) is 0. The van der Waals surface area contributed by atoms with Gasteiger partial charge in [-0.2, -0.15) is 0 Å². The fourth-order valence-corrected chi connectivity index (χ4v) is 3.66. The predicted octanol–water partition coefficient (Wildman–Crippen LogP) is 1.39. The van der Waals surface area contributed by atoms with Crippen LogP contribution in [0, 0.1) is 11.8 Å². The van der Waals surface area contributed by atoms with Gasteiger partial charge in [-0.1, -0.05) is 23.9 Å². The lowest BCUT2D eigenvalue weighted by Gasteiger charge is -2.17. The summed E-state index contributed by atoms with van der Waals surface area (Å²) in [5, 5.41) is 3.75. The fourth-order valence-electron chi connectivity index (χ4n) is 2.42. The van der Waals surface area contributed by atoms with Gasteiger partial charge in [-0.3, -0.25) is 4.79 Å². The Balaban J connectivity index is 1.97. The van der Waals surface area contributed by atoms with E-state index in [0.29, 0.717) is 23.1 Å². The highest BCUT2D eigenvalue weighted by Crippen LogP contribution is 2.48. The van der Waals surface area contributed by atoms with E-state index >= 15 is 0 Å². The summed E-state index contributed by atoms with van der Waals surface area (Å²) in [6.07, 6.45) is 5.81. The summed E-state index contributed by atoms with van der Waals surface area (Å²) in [6.45, 7) is 0. The maximum absolute atomic E-state index is 11.0. The first-order valence-corrected chi connectivity index (χ1v) is 4.88. The van der Waals surface area contributed by atoms with E-state index in [4.69, 9.17) is 0 Å². The second kappa shape index (κ2) is 1.83. The minimum Gasteiger partial charge on any atom is -0.342 e. The molecule has 2 nitrogen and oxygen atoms in total. The number of hydrogen-bond acceptors (Lipinski definition) is 2. The topological polar surface area (TPSA) is 29.1 Å². The molecule has 11 heavy (non-hydrogen) atoms. The number of amides is 1. The van der Waals surface area contributed by atoms with Crippen molar-refractivity contribution in [2.24, 2.45) is 11.8 Å². The monoisotopic (exact) mass is 167 g/mol. The van der Waals surface area contributed by atoms with Crippen molar-refractivity contribution in [3.8, 4) is 0 Å². The molecule has 58 valence electrons. The van der Waals surface area contributed by atoms with Gasteiger partial charge in [-0.15, -0.1) is 0 Å². The van der Waals surface area contributed by atoms with Crippen LogP contribution in [0.3, 0.4) is 0 Å². The average Bonchev–Trinajstić information content (AvgIpc) is 2.53. The van der Waals surface area contributed by atoms with Crippen LogP contribution in [-0.4, -0.2) is 16.5 Å². The smallest absolute Gasteiger partial charge is 0.279 e. The van der Waals surface area contributed by atoms with Gasteiger partial charge in [0.05, 0.1) is 0 Å². The molecule has 0 aromatic carbocycles. The zero-order valence-electron chi connectivity index (χ0n) is 5.99. The molecule has 3 aliphatic rings. The third-order valence-corrected chi connectivity index (χ3v) is 4.16. The molecule has 1 N–H and O–H groups in total. The standard InChI is InChI=1S/C8H9NOS/c10-8-9-6-4-1-2-5(3-4)7(6)11-8/h1-2,4-7H,3H2,(H,9,10)/t4?,5?,6-,7+/m1/s1. The maximum Gasteiger partial charge on any atom is 0.279 e. The van der Waals surface area contributed by atoms with E-state index in [-0.39, 0.29) is 5.24 Å². The lowest BCUT2D eigenvalue weighted by atomic mass is 10.0. The Morgan fingerprint density at radius 3 is 3.09 bits per heavy atom. The first-order chi connectivity index (χ1) is 5.34. The Morgan fingerprint density at radius 1 is 1.45 bits per heavy atom. The van der Waals surface area contributed by atoms with Crippen LogP contribution in [-0.2, 0) is 0 Å². The highest BCUT2D eigenvalue weighted by atomic mass is 32.2. The molecule has 3 heteroatoms. The molecule has 4 atom stereocenters. The first kappa shape index (κ1) is 6.12. The van der Waals surface area contributed by atoms with Gasteiger partial charge in [0.15, 0.2) is 0 Å². The third kappa shape index (κ3) is 0.670. The van der Waals surface area contributed by atoms with Crippen LogP contribution in [0.2, 0.25) is 0 Å². The lowest BCUT2D eigenvalue weighted by Crippen LogP contribution is -2.34. The Kier molecular flexibility index (Phi) is 1.02. The van der Waals surface area contributed by atoms with E-state index in [1.54, 1.807) is 0 Å². The molecule has 0 aromatic rings. The van der Waals surface area contributed by atoms with Crippen LogP contribution in [0.1, 0.15) is 6.42 Å². The van der Waals surface area contributed by atoms with Crippen molar-refractivity contribution in [2.45, 2.75) is 17.7 Å². The summed E-state index contributed by atoms with van der Waals surface area (Å²) < 4.78 is 0. The summed E-state index contributed by atoms with van der Waals surface area (Å²) in [4.78, 5) is 11.0. The molecule has 0 radical (unpaired) electrons. The number of carbonyl (C=O) groups is 1. The summed E-state index contributed by atoms with van der Waals surface area (Å²) >= 11 is 1.50. The van der Waals surface area contributed by atoms with Crippen molar-refractivity contribution in [3.63, 3.8) is 0 Å². The van der Waals surface area contributed by atoms with Crippen LogP contribution >= 0.6 is 11.8 Å². The van der Waals surface area contributed by atoms with Crippen molar-refractivity contribution in [2.75, 3.05) is 0 Å². The summed E-state index contributed by atoms with van der Waals surface area (Å²) in [5.74, 6) is 1.32. The Labute approximate surface area is 69.4 Å². The van der Waals surface area contributed by atoms with E-state index in [1.165, 1.54) is 18.2 Å². The molecule has 1 aliphatic heterocycles. The molecule has 1 saturated carbocycles. The molecule has 3 rings (SSSR count). The van der Waals surface area contributed by atoms with Crippen LogP contribution in [0.4, 0.5) is 4.79 Å². The number of rotatable bonds is 0. The molecule has 1 amide bonds. The molecule has 2 aliphatic carbocycles. The van der Waals surface area contributed by atoms with Crippen LogP contribution in [0.25, 0.3) is 0 Å². The van der Waals surface area contributed by atoms with E-state index < -0.39 is 0 Å². The van der Waals surface area contributed by atoms with Crippen LogP contribution < -0.4 is 5.32 Å². The second-order valence-electron chi connectivity index (χ2n) is 3.49. The van der Waals surface area contributed by atoms with Gasteiger partial charge < -0.3 is 5.32 Å². The van der Waals surface area contributed by atoms with Gasteiger partial charge in [0.1, 0.15) is 0 Å². The van der Waals surface area contributed by atoms with Crippen molar-refractivity contribution >= 4 is 17.0 Å². The highest BCUT2D eigenvalue weighted by Gasteiger charge is 2.50. The summed E-state index contributed by atoms with van der Waals surface area (Å²) in [5.41, 5.74) is 0. The SMILES string of the molecule is O=C1N[C@@H]2C3C=CC(C3)[C@@H]2S1. The molecule has 1 saturated heterocycles. The Bertz CT molecular complexity index is 228. The largest absolute Gasteiger partial charge is 0.342 e. The van der Waals surface area contributed by atoms with Gasteiger partial charge >= 0.3 is 0 Å². The molecule has 1 heterocycles. The number of carbonyl (C=O) groups excluding carboxylic acids is 1. The minimum absolute atomic E-state index is 0.179. The van der Waals surface area contributed by atoms with Crippen molar-refractivity contribution in [1.82, 2.24) is 5.32 Å². The molecule has 2 unspecified atom stereocenters. The van der Waals surface area contributed by atoms with E-state index in [2.05, 4.69) is 17.5 Å². The van der Waals surface area contributed by atoms with Gasteiger partial charge in [0.25, 0.3) is 5.24 Å². The second-order valence-corrected chi connectivity index (χ2v) is 4.64. The van der Waals surface area contributed by atoms with E-state index in [1.807, 2.05) is 0 Å². The van der Waals surface area contributed by atoms with Crippen LogP contribution in [0.15, 0.2) is 12.2 Å². The van der Waals surface area contributed by atoms with Gasteiger partial charge in [0.2, 0.25) is 0 Å². The van der Waals surface area contributed by atoms with E-state index in [9.17, 15) is 4.79 Å². The maximum atomic E-state index is 11.0. The zero-order chi connectivity index (χ0) is 7.42. The Morgan fingerprint density at radius 2 is 2.27 bits per heavy atom. The Hall–Kier alpha value is -0.440. The number of fused-ring (bicyclic) bond motifs is 5. The van der Waals surface area contributed by atoms with Crippen molar-refractivity contribution in [1.29, 1.82) is 0 Å². The average molecular weight is 167 g/mol. The number of thioether (sulfide) groups is 1. The van der Waals surface area contributed by atoms with Crippen molar-refractivity contribution in [3.05, 3.63) is 12.2 Å². The molecule has 0 spiro atoms. The molecule has 2 fully saturated rings. The zero-order valence-corrected chi connectivity index (χ0v) is 6.80. The minimum atomic E-state index is 0.179. The number of allylic oxidation sites excluding steroid dienone is 1. The fraction of sp³-hybridized carbons (Fsp3) is 0.625. The predicted molar refractivity (Wildman–Crippen MR) is 44.4 cm³/mol. The quantitative estimate of drug-likeness (QED) is 0.552.